The van der Waals surface area contributed by atoms with Crippen molar-refractivity contribution in [2.45, 2.75) is 38.9 Å². The van der Waals surface area contributed by atoms with Crippen molar-refractivity contribution in [1.82, 2.24) is 20.2 Å². The summed E-state index contributed by atoms with van der Waals surface area (Å²) in [6, 6.07) is 3.91. The largest absolute Gasteiger partial charge is 0.372 e. The van der Waals surface area contributed by atoms with Crippen LogP contribution in [-0.4, -0.2) is 46.6 Å². The minimum atomic E-state index is -0.00292. The van der Waals surface area contributed by atoms with Gasteiger partial charge in [0.2, 0.25) is 0 Å². The fourth-order valence-electron chi connectivity index (χ4n) is 2.92. The maximum absolute atomic E-state index is 12.4. The first-order valence-electron chi connectivity index (χ1n) is 8.64. The second-order valence-electron chi connectivity index (χ2n) is 6.23. The molecule has 2 amide bonds. The first-order valence-corrected chi connectivity index (χ1v) is 9.52. The van der Waals surface area contributed by atoms with Crippen molar-refractivity contribution in [2.75, 3.05) is 19.6 Å². The summed E-state index contributed by atoms with van der Waals surface area (Å²) in [7, 11) is 0. The number of amides is 2. The summed E-state index contributed by atoms with van der Waals surface area (Å²) in [4.78, 5) is 23.8. The van der Waals surface area contributed by atoms with Crippen LogP contribution in [-0.2, 0) is 17.8 Å². The first-order chi connectivity index (χ1) is 12.2. The third kappa shape index (κ3) is 5.24. The molecule has 1 saturated heterocycles. The SMILES string of the molecule is Cc1ncsc1CCNC(=O)N1CCC[C@@H](OCc2cccnc2)C1. The molecule has 3 heterocycles. The zero-order chi connectivity index (χ0) is 17.5. The Kier molecular flexibility index (Phi) is 6.36. The van der Waals surface area contributed by atoms with Crippen LogP contribution in [0.3, 0.4) is 0 Å². The van der Waals surface area contributed by atoms with Crippen LogP contribution in [0.1, 0.15) is 29.0 Å². The van der Waals surface area contributed by atoms with Crippen LogP contribution in [0.4, 0.5) is 4.79 Å². The Morgan fingerprint density at radius 1 is 1.52 bits per heavy atom. The lowest BCUT2D eigenvalue weighted by Crippen LogP contribution is -2.48. The molecule has 2 aromatic rings. The molecular formula is C18H24N4O2S. The van der Waals surface area contributed by atoms with Crippen LogP contribution in [0.5, 0.6) is 0 Å². The highest BCUT2D eigenvalue weighted by Gasteiger charge is 2.24. The van der Waals surface area contributed by atoms with Gasteiger partial charge in [-0.2, -0.15) is 0 Å². The molecule has 0 aliphatic carbocycles. The van der Waals surface area contributed by atoms with Crippen molar-refractivity contribution >= 4 is 17.4 Å². The molecule has 0 saturated carbocycles. The summed E-state index contributed by atoms with van der Waals surface area (Å²) in [5.74, 6) is 0. The average molecular weight is 360 g/mol. The fraction of sp³-hybridized carbons (Fsp3) is 0.500. The lowest BCUT2D eigenvalue weighted by atomic mass is 10.1. The smallest absolute Gasteiger partial charge is 0.317 e. The summed E-state index contributed by atoms with van der Waals surface area (Å²) < 4.78 is 5.96. The number of likely N-dealkylation sites (tertiary alicyclic amines) is 1. The number of nitrogens with one attached hydrogen (secondary N) is 1. The van der Waals surface area contributed by atoms with Gasteiger partial charge in [-0.25, -0.2) is 9.78 Å². The van der Waals surface area contributed by atoms with Gasteiger partial charge in [-0.05, 0) is 31.4 Å². The van der Waals surface area contributed by atoms with Crippen molar-refractivity contribution < 1.29 is 9.53 Å². The number of aryl methyl sites for hydroxylation is 1. The molecule has 0 spiro atoms. The van der Waals surface area contributed by atoms with E-state index in [1.54, 1.807) is 17.5 Å². The summed E-state index contributed by atoms with van der Waals surface area (Å²) in [5.41, 5.74) is 3.96. The Bertz CT molecular complexity index is 677. The Morgan fingerprint density at radius 2 is 2.44 bits per heavy atom. The van der Waals surface area contributed by atoms with E-state index in [1.165, 1.54) is 4.88 Å². The zero-order valence-electron chi connectivity index (χ0n) is 14.5. The van der Waals surface area contributed by atoms with Gasteiger partial charge in [0, 0.05) is 43.3 Å². The van der Waals surface area contributed by atoms with Crippen molar-refractivity contribution in [2.24, 2.45) is 0 Å². The van der Waals surface area contributed by atoms with Crippen molar-refractivity contribution in [1.29, 1.82) is 0 Å². The van der Waals surface area contributed by atoms with Gasteiger partial charge in [-0.3, -0.25) is 4.98 Å². The fourth-order valence-corrected chi connectivity index (χ4v) is 3.70. The molecule has 1 atom stereocenters. The van der Waals surface area contributed by atoms with Crippen LogP contribution < -0.4 is 5.32 Å². The van der Waals surface area contributed by atoms with Crippen LogP contribution in [0.25, 0.3) is 0 Å². The van der Waals surface area contributed by atoms with Gasteiger partial charge in [0.1, 0.15) is 0 Å². The number of piperidine rings is 1. The standard InChI is InChI=1S/C18H24N4O2S/c1-14-17(25-13-21-14)6-8-20-18(23)22-9-3-5-16(11-22)24-12-15-4-2-7-19-10-15/h2,4,7,10,13,16H,3,5-6,8-9,11-12H2,1H3,(H,20,23)/t16-/m1/s1. The summed E-state index contributed by atoms with van der Waals surface area (Å²) in [6.07, 6.45) is 6.45. The van der Waals surface area contributed by atoms with Crippen LogP contribution in [0.15, 0.2) is 30.0 Å². The molecule has 1 fully saturated rings. The molecule has 0 aromatic carbocycles. The van der Waals surface area contributed by atoms with Crippen molar-refractivity contribution in [3.05, 3.63) is 46.2 Å². The quantitative estimate of drug-likeness (QED) is 0.860. The highest BCUT2D eigenvalue weighted by molar-refractivity contribution is 7.09. The molecule has 25 heavy (non-hydrogen) atoms. The van der Waals surface area contributed by atoms with E-state index < -0.39 is 0 Å². The second-order valence-corrected chi connectivity index (χ2v) is 7.16. The van der Waals surface area contributed by atoms with E-state index in [0.717, 1.165) is 37.1 Å². The highest BCUT2D eigenvalue weighted by Crippen LogP contribution is 2.15. The maximum atomic E-state index is 12.4. The second kappa shape index (κ2) is 8.92. The van der Waals surface area contributed by atoms with Crippen LogP contribution >= 0.6 is 11.3 Å². The monoisotopic (exact) mass is 360 g/mol. The summed E-state index contributed by atoms with van der Waals surface area (Å²) in [5, 5.41) is 3.01. The first kappa shape index (κ1) is 17.8. The van der Waals surface area contributed by atoms with Crippen molar-refractivity contribution in [3.63, 3.8) is 0 Å². The number of aromatic nitrogens is 2. The molecule has 0 bridgehead atoms. The van der Waals surface area contributed by atoms with E-state index in [-0.39, 0.29) is 12.1 Å². The third-order valence-corrected chi connectivity index (χ3v) is 5.34. The van der Waals surface area contributed by atoms with Crippen LogP contribution in [0, 0.1) is 6.92 Å². The molecule has 0 unspecified atom stereocenters. The maximum Gasteiger partial charge on any atom is 0.317 e. The Morgan fingerprint density at radius 3 is 3.20 bits per heavy atom. The molecule has 1 N–H and O–H groups in total. The number of hydrogen-bond donors (Lipinski definition) is 1. The number of ether oxygens (including phenoxy) is 1. The van der Waals surface area contributed by atoms with Gasteiger partial charge in [0.15, 0.2) is 0 Å². The number of rotatable bonds is 6. The molecular weight excluding hydrogens is 336 g/mol. The number of thiazole rings is 1. The van der Waals surface area contributed by atoms with E-state index in [1.807, 2.05) is 35.7 Å². The molecule has 134 valence electrons. The van der Waals surface area contributed by atoms with Gasteiger partial charge < -0.3 is 15.0 Å². The molecule has 6 nitrogen and oxygen atoms in total. The third-order valence-electron chi connectivity index (χ3n) is 4.35. The summed E-state index contributed by atoms with van der Waals surface area (Å²) in [6.45, 7) is 4.62. The minimum Gasteiger partial charge on any atom is -0.372 e. The molecule has 2 aromatic heterocycles. The lowest BCUT2D eigenvalue weighted by molar-refractivity contribution is -0.000400. The van der Waals surface area contributed by atoms with Crippen molar-refractivity contribution in [3.8, 4) is 0 Å². The van der Waals surface area contributed by atoms with Crippen LogP contribution in [0.2, 0.25) is 0 Å². The lowest BCUT2D eigenvalue weighted by Gasteiger charge is -2.32. The van der Waals surface area contributed by atoms with E-state index in [4.69, 9.17) is 4.74 Å². The van der Waals surface area contributed by atoms with Gasteiger partial charge >= 0.3 is 6.03 Å². The number of nitrogens with zero attached hydrogens (tertiary/aromatic N) is 3. The Hall–Kier alpha value is -1.99. The predicted molar refractivity (Wildman–Crippen MR) is 97.6 cm³/mol. The zero-order valence-corrected chi connectivity index (χ0v) is 15.3. The number of hydrogen-bond acceptors (Lipinski definition) is 5. The highest BCUT2D eigenvalue weighted by atomic mass is 32.1. The van der Waals surface area contributed by atoms with E-state index >= 15 is 0 Å². The number of carbonyl (C=O) groups is 1. The molecule has 0 radical (unpaired) electrons. The molecule has 1 aliphatic rings. The van der Waals surface area contributed by atoms with Gasteiger partial charge in [0.25, 0.3) is 0 Å². The normalized spacial score (nSPS) is 17.5. The Labute approximate surface area is 152 Å². The van der Waals surface area contributed by atoms with E-state index in [2.05, 4.69) is 15.3 Å². The average Bonchev–Trinajstić information content (AvgIpc) is 3.06. The van der Waals surface area contributed by atoms with Gasteiger partial charge in [-0.1, -0.05) is 6.07 Å². The van der Waals surface area contributed by atoms with E-state index in [0.29, 0.717) is 19.7 Å². The number of carbonyl (C=O) groups excluding carboxylic acids is 1. The summed E-state index contributed by atoms with van der Waals surface area (Å²) >= 11 is 1.64. The molecule has 7 heteroatoms. The Balaban J connectivity index is 1.41. The van der Waals surface area contributed by atoms with Gasteiger partial charge in [0.05, 0.1) is 23.9 Å². The van der Waals surface area contributed by atoms with E-state index in [9.17, 15) is 4.79 Å². The minimum absolute atomic E-state index is 0.00292. The topological polar surface area (TPSA) is 67.4 Å². The predicted octanol–water partition coefficient (Wildman–Crippen LogP) is 2.78. The number of pyridine rings is 1. The number of urea groups is 1. The van der Waals surface area contributed by atoms with Gasteiger partial charge in [-0.15, -0.1) is 11.3 Å². The molecule has 3 rings (SSSR count). The molecule has 1 aliphatic heterocycles.